The van der Waals surface area contributed by atoms with Gasteiger partial charge in [-0.15, -0.1) is 0 Å². The second-order valence-electron chi connectivity index (χ2n) is 7.69. The number of allylic oxidation sites excluding steroid dienone is 1. The van der Waals surface area contributed by atoms with Crippen LogP contribution in [0, 0.1) is 13.8 Å². The highest BCUT2D eigenvalue weighted by Crippen LogP contribution is 2.21. The summed E-state index contributed by atoms with van der Waals surface area (Å²) in [6.07, 6.45) is -7.73. The Kier molecular flexibility index (Phi) is 9.75. The Morgan fingerprint density at radius 2 is 1.22 bits per heavy atom. The first-order valence-corrected chi connectivity index (χ1v) is 10.8. The van der Waals surface area contributed by atoms with Gasteiger partial charge in [0.2, 0.25) is 0 Å². The molecule has 0 saturated heterocycles. The Hall–Kier alpha value is -1.88. The van der Waals surface area contributed by atoms with E-state index in [0.717, 1.165) is 11.1 Å². The summed E-state index contributed by atoms with van der Waals surface area (Å²) >= 11 is 11.1. The van der Waals surface area contributed by atoms with E-state index in [9.17, 15) is 25.5 Å². The fourth-order valence-electron chi connectivity index (χ4n) is 3.01. The molecule has 0 saturated carbocycles. The smallest absolute Gasteiger partial charge is 0.113 e. The number of aryl methyl sites for hydroxylation is 2. The normalized spacial score (nSPS) is 16.7. The van der Waals surface area contributed by atoms with Crippen molar-refractivity contribution < 1.29 is 30.6 Å². The summed E-state index contributed by atoms with van der Waals surface area (Å²) in [6, 6.07) is 14.6. The van der Waals surface area contributed by atoms with Crippen LogP contribution in [0.2, 0.25) is 0 Å². The molecule has 6 nitrogen and oxygen atoms in total. The lowest BCUT2D eigenvalue weighted by Crippen LogP contribution is -2.51. The minimum Gasteiger partial charge on any atom is -0.394 e. The monoisotopic (exact) mass is 476 g/mol. The second kappa shape index (κ2) is 11.8. The van der Waals surface area contributed by atoms with E-state index >= 15 is 0 Å². The summed E-state index contributed by atoms with van der Waals surface area (Å²) in [5.41, 5.74) is 3.43. The van der Waals surface area contributed by atoms with Crippen molar-refractivity contribution in [2.45, 2.75) is 44.4 Å². The molecule has 0 amide bonds. The Bertz CT molecular complexity index is 955. The number of thiocarbonyl (C=S) groups is 2. The van der Waals surface area contributed by atoms with Crippen LogP contribution in [0.5, 0.6) is 0 Å². The zero-order valence-electron chi connectivity index (χ0n) is 17.8. The average Bonchev–Trinajstić information content (AvgIpc) is 2.80. The first-order valence-electron chi connectivity index (χ1n) is 10.0. The van der Waals surface area contributed by atoms with E-state index < -0.39 is 37.1 Å². The Labute approximate surface area is 198 Å². The molecule has 0 bridgehead atoms. The van der Waals surface area contributed by atoms with Crippen LogP contribution in [0.3, 0.4) is 0 Å². The molecule has 0 aromatic heterocycles. The summed E-state index contributed by atoms with van der Waals surface area (Å²) in [5.74, 6) is 0. The lowest BCUT2D eigenvalue weighted by Gasteiger charge is -2.30. The third-order valence-electron chi connectivity index (χ3n) is 5.12. The number of benzene rings is 2. The molecule has 2 rings (SSSR count). The molecule has 2 aromatic carbocycles. The summed E-state index contributed by atoms with van der Waals surface area (Å²) in [5, 5.41) is 60.2. The molecular formula is C24H28O6S2. The largest absolute Gasteiger partial charge is 0.394 e. The Balaban J connectivity index is 2.44. The number of hydrogen-bond donors (Lipinski definition) is 6. The maximum Gasteiger partial charge on any atom is 0.113 e. The standard InChI is InChI=1S/C24H28O6S2/c1-13-3-7-15(8-4-13)19(31)11-17(24(32)16-9-5-14(2)6-10-16)20(27)22(29)23(30)21(28)18(26)12-25/h3-11,18,20-23,25-30H,12H2,1-2H3/b17-11+/t18-,20?,21+,22+,23-/m0/s1. The van der Waals surface area contributed by atoms with Crippen molar-refractivity contribution in [2.24, 2.45) is 0 Å². The van der Waals surface area contributed by atoms with Crippen LogP contribution in [-0.2, 0) is 0 Å². The van der Waals surface area contributed by atoms with Crippen LogP contribution in [-0.4, -0.2) is 77.5 Å². The van der Waals surface area contributed by atoms with Crippen LogP contribution >= 0.6 is 24.4 Å². The van der Waals surface area contributed by atoms with Crippen molar-refractivity contribution in [3.8, 4) is 0 Å². The van der Waals surface area contributed by atoms with Gasteiger partial charge < -0.3 is 30.6 Å². The van der Waals surface area contributed by atoms with Gasteiger partial charge in [0.05, 0.1) is 11.5 Å². The molecule has 0 spiro atoms. The molecule has 0 heterocycles. The van der Waals surface area contributed by atoms with Crippen molar-refractivity contribution in [3.05, 3.63) is 82.4 Å². The number of rotatable bonds is 10. The molecule has 5 atom stereocenters. The minimum atomic E-state index is -1.95. The molecule has 1 unspecified atom stereocenters. The predicted octanol–water partition coefficient (Wildman–Crippen LogP) is 1.16. The van der Waals surface area contributed by atoms with E-state index in [0.29, 0.717) is 16.0 Å². The Morgan fingerprint density at radius 1 is 0.750 bits per heavy atom. The van der Waals surface area contributed by atoms with Crippen molar-refractivity contribution in [3.63, 3.8) is 0 Å². The van der Waals surface area contributed by atoms with Crippen LogP contribution in [0.15, 0.2) is 60.2 Å². The molecule has 0 aliphatic rings. The summed E-state index contributed by atoms with van der Waals surface area (Å²) in [4.78, 5) is 0.557. The van der Waals surface area contributed by atoms with Crippen LogP contribution in [0.1, 0.15) is 22.3 Å². The van der Waals surface area contributed by atoms with Gasteiger partial charge in [0.25, 0.3) is 0 Å². The number of aliphatic hydroxyl groups excluding tert-OH is 6. The zero-order chi connectivity index (χ0) is 24.0. The van der Waals surface area contributed by atoms with Crippen LogP contribution in [0.4, 0.5) is 0 Å². The lowest BCUT2D eigenvalue weighted by molar-refractivity contribution is -0.133. The Morgan fingerprint density at radius 3 is 1.69 bits per heavy atom. The quantitative estimate of drug-likeness (QED) is 0.172. The van der Waals surface area contributed by atoms with Gasteiger partial charge >= 0.3 is 0 Å². The summed E-state index contributed by atoms with van der Waals surface area (Å²) in [6.45, 7) is 3.02. The van der Waals surface area contributed by atoms with Gasteiger partial charge in [0.15, 0.2) is 0 Å². The molecule has 32 heavy (non-hydrogen) atoms. The van der Waals surface area contributed by atoms with E-state index in [1.54, 1.807) is 12.1 Å². The second-order valence-corrected chi connectivity index (χ2v) is 8.54. The highest BCUT2D eigenvalue weighted by molar-refractivity contribution is 7.81. The molecule has 0 radical (unpaired) electrons. The third-order valence-corrected chi connectivity index (χ3v) is 5.95. The predicted molar refractivity (Wildman–Crippen MR) is 131 cm³/mol. The molecule has 0 aliphatic heterocycles. The van der Waals surface area contributed by atoms with Gasteiger partial charge in [-0.2, -0.15) is 0 Å². The fraction of sp³-hybridized carbons (Fsp3) is 0.333. The molecule has 172 valence electrons. The highest BCUT2D eigenvalue weighted by atomic mass is 32.1. The zero-order valence-corrected chi connectivity index (χ0v) is 19.4. The summed E-state index contributed by atoms with van der Waals surface area (Å²) < 4.78 is 0. The van der Waals surface area contributed by atoms with E-state index in [1.807, 2.05) is 50.2 Å². The molecule has 0 fully saturated rings. The molecule has 6 N–H and O–H groups in total. The van der Waals surface area contributed by atoms with Crippen molar-refractivity contribution >= 4 is 34.2 Å². The number of hydrogen-bond acceptors (Lipinski definition) is 8. The SMILES string of the molecule is Cc1ccc(C(=S)/C=C(/C(=S)c2ccc(C)cc2)C(O)[C@@H](O)[C@@H](O)[C@H](O)[C@@H](O)CO)cc1. The molecular weight excluding hydrogens is 448 g/mol. The highest BCUT2D eigenvalue weighted by Gasteiger charge is 2.36. The average molecular weight is 477 g/mol. The molecule has 8 heteroatoms. The first kappa shape index (κ1) is 26.4. The molecule has 2 aromatic rings. The van der Waals surface area contributed by atoms with Gasteiger partial charge in [0, 0.05) is 10.4 Å². The van der Waals surface area contributed by atoms with Gasteiger partial charge in [-0.1, -0.05) is 84.1 Å². The van der Waals surface area contributed by atoms with Gasteiger partial charge in [-0.3, -0.25) is 0 Å². The topological polar surface area (TPSA) is 121 Å². The van der Waals surface area contributed by atoms with Crippen LogP contribution in [0.25, 0.3) is 0 Å². The first-order chi connectivity index (χ1) is 15.1. The lowest BCUT2D eigenvalue weighted by atomic mass is 9.90. The van der Waals surface area contributed by atoms with Gasteiger partial charge in [-0.05, 0) is 31.1 Å². The minimum absolute atomic E-state index is 0.0756. The van der Waals surface area contributed by atoms with E-state index in [4.69, 9.17) is 29.5 Å². The van der Waals surface area contributed by atoms with Crippen LogP contribution < -0.4 is 0 Å². The van der Waals surface area contributed by atoms with Gasteiger partial charge in [-0.25, -0.2) is 0 Å². The van der Waals surface area contributed by atoms with Crippen molar-refractivity contribution in [2.75, 3.05) is 6.61 Å². The maximum absolute atomic E-state index is 10.9. The maximum atomic E-state index is 10.9. The van der Waals surface area contributed by atoms with Crippen molar-refractivity contribution in [1.82, 2.24) is 0 Å². The van der Waals surface area contributed by atoms with Gasteiger partial charge in [0.1, 0.15) is 30.5 Å². The molecule has 0 aliphatic carbocycles. The van der Waals surface area contributed by atoms with E-state index in [-0.39, 0.29) is 10.4 Å². The van der Waals surface area contributed by atoms with Crippen molar-refractivity contribution in [1.29, 1.82) is 0 Å². The number of aliphatic hydroxyl groups is 6. The van der Waals surface area contributed by atoms with E-state index in [1.165, 1.54) is 6.08 Å². The fourth-order valence-corrected chi connectivity index (χ4v) is 3.59. The summed E-state index contributed by atoms with van der Waals surface area (Å²) in [7, 11) is 0. The third kappa shape index (κ3) is 6.57. The van der Waals surface area contributed by atoms with E-state index in [2.05, 4.69) is 0 Å².